The molecule has 0 radical (unpaired) electrons. The van der Waals surface area contributed by atoms with Crippen LogP contribution in [0.25, 0.3) is 0 Å². The van der Waals surface area contributed by atoms with Crippen LogP contribution in [-0.2, 0) is 28.6 Å². The average Bonchev–Trinajstić information content (AvgIpc) is 3.15. The van der Waals surface area contributed by atoms with E-state index in [9.17, 15) is 19.7 Å². The summed E-state index contributed by atoms with van der Waals surface area (Å²) in [5.74, 6) is -0.910. The molecule has 2 aliphatic heterocycles. The van der Waals surface area contributed by atoms with Crippen LogP contribution >= 0.6 is 0 Å². The molecule has 1 amide bonds. The van der Waals surface area contributed by atoms with Crippen LogP contribution in [0.2, 0.25) is 0 Å². The van der Waals surface area contributed by atoms with Gasteiger partial charge in [0.15, 0.2) is 12.7 Å². The fourth-order valence-corrected chi connectivity index (χ4v) is 2.98. The lowest BCUT2D eigenvalue weighted by Gasteiger charge is -2.24. The minimum absolute atomic E-state index is 0.0913. The first kappa shape index (κ1) is 20.3. The van der Waals surface area contributed by atoms with Crippen LogP contribution in [0.5, 0.6) is 0 Å². The topological polar surface area (TPSA) is 164 Å². The third kappa shape index (κ3) is 5.76. The first-order chi connectivity index (χ1) is 12.4. The van der Waals surface area contributed by atoms with Gasteiger partial charge in [0.05, 0.1) is 19.3 Å². The zero-order chi connectivity index (χ0) is 19.1. The SMILES string of the molecule is CC(=O)OCC(=O)NCCC(CN)N[C@H]1CO[C@@H]2C(O[N+](=O)[O-])CO[C@H]12. The fourth-order valence-electron chi connectivity index (χ4n) is 2.98. The van der Waals surface area contributed by atoms with Gasteiger partial charge >= 0.3 is 5.97 Å². The predicted octanol–water partition coefficient (Wildman–Crippen LogP) is -2.28. The summed E-state index contributed by atoms with van der Waals surface area (Å²) >= 11 is 0. The molecular formula is C14H24N4O8. The van der Waals surface area contributed by atoms with E-state index in [0.29, 0.717) is 26.1 Å². The van der Waals surface area contributed by atoms with Gasteiger partial charge in [0.2, 0.25) is 0 Å². The summed E-state index contributed by atoms with van der Waals surface area (Å²) in [7, 11) is 0. The number of carbonyl (C=O) groups excluding carboxylic acids is 2. The summed E-state index contributed by atoms with van der Waals surface area (Å²) in [6.45, 7) is 2.00. The van der Waals surface area contributed by atoms with Gasteiger partial charge in [-0.1, -0.05) is 0 Å². The normalized spacial score (nSPS) is 28.2. The zero-order valence-electron chi connectivity index (χ0n) is 14.4. The highest BCUT2D eigenvalue weighted by atomic mass is 17.0. The highest BCUT2D eigenvalue weighted by molar-refractivity contribution is 5.79. The van der Waals surface area contributed by atoms with E-state index in [-0.39, 0.29) is 37.3 Å². The third-order valence-electron chi connectivity index (χ3n) is 4.19. The average molecular weight is 376 g/mol. The lowest BCUT2D eigenvalue weighted by atomic mass is 10.1. The van der Waals surface area contributed by atoms with Crippen LogP contribution in [0.15, 0.2) is 0 Å². The zero-order valence-corrected chi connectivity index (χ0v) is 14.4. The molecule has 0 aromatic carbocycles. The van der Waals surface area contributed by atoms with Crippen molar-refractivity contribution in [1.29, 1.82) is 0 Å². The molecule has 12 heteroatoms. The molecule has 2 heterocycles. The molecule has 2 rings (SSSR count). The van der Waals surface area contributed by atoms with Crippen molar-refractivity contribution in [3.05, 3.63) is 10.1 Å². The molecule has 0 spiro atoms. The van der Waals surface area contributed by atoms with Crippen LogP contribution in [0.1, 0.15) is 13.3 Å². The number of hydrogen-bond acceptors (Lipinski definition) is 10. The molecule has 2 aliphatic rings. The number of ether oxygens (including phenoxy) is 3. The maximum atomic E-state index is 11.5. The van der Waals surface area contributed by atoms with Gasteiger partial charge in [-0.15, -0.1) is 10.1 Å². The molecule has 148 valence electrons. The van der Waals surface area contributed by atoms with Crippen LogP contribution in [-0.4, -0.2) is 80.3 Å². The Morgan fingerprint density at radius 2 is 2.08 bits per heavy atom. The maximum Gasteiger partial charge on any atom is 0.303 e. The third-order valence-corrected chi connectivity index (χ3v) is 4.19. The van der Waals surface area contributed by atoms with Crippen molar-refractivity contribution >= 4 is 11.9 Å². The van der Waals surface area contributed by atoms with Crippen LogP contribution in [0.3, 0.4) is 0 Å². The molecule has 0 saturated carbocycles. The number of rotatable bonds is 10. The molecule has 2 unspecified atom stereocenters. The molecule has 26 heavy (non-hydrogen) atoms. The van der Waals surface area contributed by atoms with Crippen LogP contribution in [0, 0.1) is 10.1 Å². The van der Waals surface area contributed by atoms with Gasteiger partial charge in [0.25, 0.3) is 11.0 Å². The Hall–Kier alpha value is -2.02. The Morgan fingerprint density at radius 1 is 1.35 bits per heavy atom. The highest BCUT2D eigenvalue weighted by Gasteiger charge is 2.49. The minimum atomic E-state index is -0.846. The lowest BCUT2D eigenvalue weighted by Crippen LogP contribution is -2.50. The molecular weight excluding hydrogens is 352 g/mol. The lowest BCUT2D eigenvalue weighted by molar-refractivity contribution is -0.769. The second-order valence-electron chi connectivity index (χ2n) is 6.09. The van der Waals surface area contributed by atoms with Gasteiger partial charge in [-0.05, 0) is 6.42 Å². The highest BCUT2D eigenvalue weighted by Crippen LogP contribution is 2.29. The number of amides is 1. The van der Waals surface area contributed by atoms with Crippen molar-refractivity contribution in [1.82, 2.24) is 10.6 Å². The molecule has 0 aromatic rings. The Balaban J connectivity index is 1.72. The molecule has 0 aliphatic carbocycles. The number of nitrogens with one attached hydrogen (secondary N) is 2. The number of esters is 1. The Bertz CT molecular complexity index is 519. The van der Waals surface area contributed by atoms with Gasteiger partial charge in [0, 0.05) is 26.1 Å². The summed E-state index contributed by atoms with van der Waals surface area (Å²) in [5, 5.41) is 15.6. The molecule has 12 nitrogen and oxygen atoms in total. The largest absolute Gasteiger partial charge is 0.456 e. The molecule has 0 aromatic heterocycles. The molecule has 0 bridgehead atoms. The van der Waals surface area contributed by atoms with Crippen LogP contribution < -0.4 is 16.4 Å². The number of nitrogens with two attached hydrogens (primary N) is 1. The summed E-state index contributed by atoms with van der Waals surface area (Å²) in [6, 6.07) is -0.291. The van der Waals surface area contributed by atoms with E-state index >= 15 is 0 Å². The van der Waals surface area contributed by atoms with E-state index in [1.807, 2.05) is 0 Å². The van der Waals surface area contributed by atoms with Crippen molar-refractivity contribution in [3.63, 3.8) is 0 Å². The quantitative estimate of drug-likeness (QED) is 0.215. The Labute approximate surface area is 149 Å². The first-order valence-electron chi connectivity index (χ1n) is 8.31. The van der Waals surface area contributed by atoms with Crippen LogP contribution in [0.4, 0.5) is 0 Å². The first-order valence-corrected chi connectivity index (χ1v) is 8.31. The van der Waals surface area contributed by atoms with Gasteiger partial charge < -0.3 is 35.4 Å². The fraction of sp³-hybridized carbons (Fsp3) is 0.857. The summed E-state index contributed by atoms with van der Waals surface area (Å²) in [6.07, 6.45) is -1.05. The summed E-state index contributed by atoms with van der Waals surface area (Å²) < 4.78 is 15.7. The standard InChI is InChI=1S/C14H24N4O8/c1-8(19)23-7-12(20)16-3-2-9(4-15)17-10-5-24-14-11(26-18(21)22)6-25-13(10)14/h9-11,13-14,17H,2-7,15H2,1H3,(H,16,20)/t9?,10-,11?,13+,14+/m0/s1. The van der Waals surface area contributed by atoms with Crippen molar-refractivity contribution in [3.8, 4) is 0 Å². The van der Waals surface area contributed by atoms with Crippen molar-refractivity contribution in [2.45, 2.75) is 43.7 Å². The summed E-state index contributed by atoms with van der Waals surface area (Å²) in [5.41, 5.74) is 5.76. The Morgan fingerprint density at radius 3 is 2.73 bits per heavy atom. The second-order valence-corrected chi connectivity index (χ2v) is 6.09. The van der Waals surface area contributed by atoms with E-state index in [0.717, 1.165) is 0 Å². The van der Waals surface area contributed by atoms with Crippen molar-refractivity contribution < 1.29 is 33.7 Å². The summed E-state index contributed by atoms with van der Waals surface area (Å²) in [4.78, 5) is 37.2. The van der Waals surface area contributed by atoms with Crippen molar-refractivity contribution in [2.24, 2.45) is 5.73 Å². The van der Waals surface area contributed by atoms with E-state index in [1.54, 1.807) is 0 Å². The predicted molar refractivity (Wildman–Crippen MR) is 85.4 cm³/mol. The number of nitrogens with zero attached hydrogens (tertiary/aromatic N) is 1. The van der Waals surface area contributed by atoms with Gasteiger partial charge in [-0.2, -0.15) is 0 Å². The number of hydrogen-bond donors (Lipinski definition) is 3. The van der Waals surface area contributed by atoms with Gasteiger partial charge in [-0.25, -0.2) is 0 Å². The second kappa shape index (κ2) is 9.62. The van der Waals surface area contributed by atoms with E-state index < -0.39 is 23.3 Å². The minimum Gasteiger partial charge on any atom is -0.456 e. The monoisotopic (exact) mass is 376 g/mol. The van der Waals surface area contributed by atoms with Gasteiger partial charge in [0.1, 0.15) is 12.2 Å². The van der Waals surface area contributed by atoms with Crippen molar-refractivity contribution in [2.75, 3.05) is 32.9 Å². The Kier molecular flexibility index (Phi) is 7.50. The van der Waals surface area contributed by atoms with Gasteiger partial charge in [-0.3, -0.25) is 9.59 Å². The maximum absolute atomic E-state index is 11.5. The van der Waals surface area contributed by atoms with E-state index in [2.05, 4.69) is 20.2 Å². The molecule has 4 N–H and O–H groups in total. The number of fused-ring (bicyclic) bond motifs is 1. The molecule has 2 saturated heterocycles. The number of carbonyl (C=O) groups is 2. The smallest absolute Gasteiger partial charge is 0.303 e. The van der Waals surface area contributed by atoms with E-state index in [1.165, 1.54) is 6.92 Å². The molecule has 2 fully saturated rings. The molecule has 5 atom stereocenters. The van der Waals surface area contributed by atoms with E-state index in [4.69, 9.17) is 15.2 Å².